The van der Waals surface area contributed by atoms with Gasteiger partial charge in [0.1, 0.15) is 11.0 Å². The molecule has 1 aliphatic rings. The van der Waals surface area contributed by atoms with Crippen molar-refractivity contribution in [3.63, 3.8) is 0 Å². The lowest BCUT2D eigenvalue weighted by Gasteiger charge is -2.37. The van der Waals surface area contributed by atoms with Gasteiger partial charge in [-0.1, -0.05) is 84.8 Å². The average molecular weight is 551 g/mol. The highest BCUT2D eigenvalue weighted by atomic mass is 32.1. The normalized spacial score (nSPS) is 18.3. The number of thiophene rings is 2. The third-order valence-corrected chi connectivity index (χ3v) is 11.5. The van der Waals surface area contributed by atoms with Crippen LogP contribution in [-0.2, 0) is 5.41 Å². The van der Waals surface area contributed by atoms with Crippen molar-refractivity contribution in [1.82, 2.24) is 8.75 Å². The highest BCUT2D eigenvalue weighted by Crippen LogP contribution is 2.61. The van der Waals surface area contributed by atoms with E-state index >= 15 is 0 Å². The van der Waals surface area contributed by atoms with Crippen LogP contribution in [0.4, 0.5) is 0 Å². The van der Waals surface area contributed by atoms with Gasteiger partial charge in [0.25, 0.3) is 0 Å². The smallest absolute Gasteiger partial charge is 0.113 e. The van der Waals surface area contributed by atoms with Crippen LogP contribution in [0.3, 0.4) is 0 Å². The summed E-state index contributed by atoms with van der Waals surface area (Å²) in [4.78, 5) is 5.91. The second-order valence-electron chi connectivity index (χ2n) is 11.5. The van der Waals surface area contributed by atoms with Gasteiger partial charge in [-0.05, 0) is 67.3 Å². The number of hydrogen-bond donors (Lipinski definition) is 0. The Bertz CT molecular complexity index is 1360. The van der Waals surface area contributed by atoms with Gasteiger partial charge in [0.05, 0.1) is 11.7 Å². The van der Waals surface area contributed by atoms with Gasteiger partial charge in [-0.15, -0.1) is 22.7 Å². The fourth-order valence-electron chi connectivity index (χ4n) is 6.63. The molecule has 1 aliphatic carbocycles. The highest BCUT2D eigenvalue weighted by Gasteiger charge is 2.47. The first-order valence-electron chi connectivity index (χ1n) is 14.4. The Morgan fingerprint density at radius 1 is 0.838 bits per heavy atom. The Labute approximate surface area is 235 Å². The molecule has 37 heavy (non-hydrogen) atoms. The minimum Gasteiger partial charge on any atom is -0.173 e. The quantitative estimate of drug-likeness (QED) is 0.175. The van der Waals surface area contributed by atoms with Gasteiger partial charge < -0.3 is 0 Å². The maximum Gasteiger partial charge on any atom is 0.113 e. The van der Waals surface area contributed by atoms with Gasteiger partial charge >= 0.3 is 0 Å². The fraction of sp³-hybridized carbons (Fsp3) is 0.562. The number of aryl methyl sites for hydroxylation is 2. The van der Waals surface area contributed by atoms with Crippen LogP contribution in [0.15, 0.2) is 24.3 Å². The molecule has 0 saturated carbocycles. The van der Waals surface area contributed by atoms with Crippen LogP contribution in [0.25, 0.3) is 31.2 Å². The van der Waals surface area contributed by atoms with Crippen molar-refractivity contribution in [2.24, 2.45) is 11.8 Å². The molecule has 0 radical (unpaired) electrons. The standard InChI is InChI=1S/C32H42N2S3/c1-7-10-12-20(4)18-32(19-23(9-3)13-11-8-2)25-16-22(6)35-30(25)31-26(32)17-27(36-31)24-15-14-21(5)28-29(24)34-37-33-28/h14-17,20,23H,7-13,18-19H2,1-6H3. The van der Waals surface area contributed by atoms with Crippen LogP contribution >= 0.6 is 34.4 Å². The molecule has 5 rings (SSSR count). The van der Waals surface area contributed by atoms with Gasteiger partial charge in [-0.3, -0.25) is 0 Å². The average Bonchev–Trinajstić information content (AvgIpc) is 3.66. The van der Waals surface area contributed by atoms with Crippen LogP contribution in [0.1, 0.15) is 107 Å². The van der Waals surface area contributed by atoms with E-state index in [2.05, 4.69) is 70.2 Å². The lowest BCUT2D eigenvalue weighted by atomic mass is 9.66. The van der Waals surface area contributed by atoms with Crippen molar-refractivity contribution < 1.29 is 0 Å². The van der Waals surface area contributed by atoms with E-state index in [0.29, 0.717) is 0 Å². The van der Waals surface area contributed by atoms with E-state index in [1.54, 1.807) is 16.0 Å². The Balaban J connectivity index is 1.66. The zero-order chi connectivity index (χ0) is 26.2. The first kappa shape index (κ1) is 27.0. The molecular formula is C32H42N2S3. The summed E-state index contributed by atoms with van der Waals surface area (Å²) >= 11 is 5.36. The maximum absolute atomic E-state index is 4.74. The molecule has 4 aromatic rings. The van der Waals surface area contributed by atoms with Crippen molar-refractivity contribution >= 4 is 45.4 Å². The summed E-state index contributed by atoms with van der Waals surface area (Å²) in [5, 5.41) is 0. The summed E-state index contributed by atoms with van der Waals surface area (Å²) in [6, 6.07) is 9.63. The Morgan fingerprint density at radius 3 is 2.30 bits per heavy atom. The van der Waals surface area contributed by atoms with Crippen LogP contribution in [-0.4, -0.2) is 8.75 Å². The fourth-order valence-corrected chi connectivity index (χ4v) is 9.80. The zero-order valence-electron chi connectivity index (χ0n) is 23.4. The van der Waals surface area contributed by atoms with E-state index in [4.69, 9.17) is 4.37 Å². The molecule has 0 bridgehead atoms. The molecule has 2 nitrogen and oxygen atoms in total. The molecule has 0 spiro atoms. The molecule has 198 valence electrons. The Morgan fingerprint density at radius 2 is 1.54 bits per heavy atom. The number of unbranched alkanes of at least 4 members (excludes halogenated alkanes) is 2. The molecule has 1 aromatic carbocycles. The Hall–Kier alpha value is -1.56. The molecule has 0 fully saturated rings. The van der Waals surface area contributed by atoms with Gasteiger partial charge in [0.2, 0.25) is 0 Å². The molecule has 0 saturated heterocycles. The van der Waals surface area contributed by atoms with Gasteiger partial charge in [-0.2, -0.15) is 8.75 Å². The molecule has 0 aliphatic heterocycles. The number of aromatic nitrogens is 2. The van der Waals surface area contributed by atoms with E-state index in [-0.39, 0.29) is 5.41 Å². The minimum absolute atomic E-state index is 0.135. The lowest BCUT2D eigenvalue weighted by molar-refractivity contribution is 0.279. The van der Waals surface area contributed by atoms with E-state index in [0.717, 1.165) is 22.9 Å². The van der Waals surface area contributed by atoms with Crippen LogP contribution in [0.5, 0.6) is 0 Å². The van der Waals surface area contributed by atoms with E-state index in [1.807, 2.05) is 22.7 Å². The van der Waals surface area contributed by atoms with Crippen LogP contribution in [0, 0.1) is 25.7 Å². The molecule has 5 heteroatoms. The third kappa shape index (κ3) is 4.96. The first-order valence-corrected chi connectivity index (χ1v) is 16.8. The van der Waals surface area contributed by atoms with Crippen molar-refractivity contribution in [2.45, 2.75) is 105 Å². The number of hydrogen-bond acceptors (Lipinski definition) is 5. The molecular weight excluding hydrogens is 509 g/mol. The molecule has 3 unspecified atom stereocenters. The highest BCUT2D eigenvalue weighted by molar-refractivity contribution is 7.24. The summed E-state index contributed by atoms with van der Waals surface area (Å²) in [6.45, 7) is 14.0. The SMILES string of the molecule is CCCCC(C)CC1(CC(CC)CCCC)c2cc(C)sc2-c2sc(-c3ccc(C)c4nsnc34)cc21. The van der Waals surface area contributed by atoms with E-state index < -0.39 is 0 Å². The van der Waals surface area contributed by atoms with Crippen molar-refractivity contribution in [3.05, 3.63) is 45.8 Å². The molecule has 3 atom stereocenters. The number of nitrogens with zero attached hydrogens (tertiary/aromatic N) is 2. The van der Waals surface area contributed by atoms with Crippen molar-refractivity contribution in [3.8, 4) is 20.2 Å². The summed E-state index contributed by atoms with van der Waals surface area (Å²) in [6.07, 6.45) is 11.8. The van der Waals surface area contributed by atoms with Gasteiger partial charge in [0, 0.05) is 30.5 Å². The first-order chi connectivity index (χ1) is 17.9. The monoisotopic (exact) mass is 550 g/mol. The van der Waals surface area contributed by atoms with Crippen LogP contribution < -0.4 is 0 Å². The minimum atomic E-state index is 0.135. The van der Waals surface area contributed by atoms with E-state index in [1.165, 1.54) is 95.3 Å². The molecule has 3 aromatic heterocycles. The zero-order valence-corrected chi connectivity index (χ0v) is 25.9. The summed E-state index contributed by atoms with van der Waals surface area (Å²) < 4.78 is 9.36. The van der Waals surface area contributed by atoms with E-state index in [9.17, 15) is 0 Å². The predicted octanol–water partition coefficient (Wildman–Crippen LogP) is 11.2. The summed E-state index contributed by atoms with van der Waals surface area (Å²) in [5.41, 5.74) is 8.01. The lowest BCUT2D eigenvalue weighted by Crippen LogP contribution is -2.30. The topological polar surface area (TPSA) is 25.8 Å². The Kier molecular flexibility index (Phi) is 8.24. The molecule has 0 amide bonds. The van der Waals surface area contributed by atoms with Crippen molar-refractivity contribution in [1.29, 1.82) is 0 Å². The van der Waals surface area contributed by atoms with Crippen molar-refractivity contribution in [2.75, 3.05) is 0 Å². The largest absolute Gasteiger partial charge is 0.173 e. The van der Waals surface area contributed by atoms with Crippen LogP contribution in [0.2, 0.25) is 0 Å². The molecule has 3 heterocycles. The third-order valence-electron chi connectivity index (χ3n) is 8.64. The number of benzene rings is 1. The maximum atomic E-state index is 4.74. The summed E-state index contributed by atoms with van der Waals surface area (Å²) in [5.74, 6) is 1.49. The number of fused-ring (bicyclic) bond motifs is 4. The van der Waals surface area contributed by atoms with Gasteiger partial charge in [0.15, 0.2) is 0 Å². The second-order valence-corrected chi connectivity index (χ2v) is 14.3. The molecule has 0 N–H and O–H groups in total. The second kappa shape index (κ2) is 11.3. The predicted molar refractivity (Wildman–Crippen MR) is 166 cm³/mol. The number of rotatable bonds is 12. The van der Waals surface area contributed by atoms with Gasteiger partial charge in [-0.25, -0.2) is 0 Å². The summed E-state index contributed by atoms with van der Waals surface area (Å²) in [7, 11) is 0.